The van der Waals surface area contributed by atoms with Crippen molar-refractivity contribution >= 4 is 37.3 Å². The summed E-state index contributed by atoms with van der Waals surface area (Å²) in [6, 6.07) is 8.60. The number of nitrogens with zero attached hydrogens (tertiary/aromatic N) is 1. The summed E-state index contributed by atoms with van der Waals surface area (Å²) >= 11 is 0. The van der Waals surface area contributed by atoms with E-state index in [2.05, 4.69) is 10.0 Å². The van der Waals surface area contributed by atoms with Crippen LogP contribution in [-0.4, -0.2) is 46.7 Å². The monoisotopic (exact) mass is 479 g/mol. The van der Waals surface area contributed by atoms with E-state index in [4.69, 9.17) is 4.74 Å². The molecule has 2 heterocycles. The lowest BCUT2D eigenvalue weighted by Crippen LogP contribution is -2.32. The maximum absolute atomic E-state index is 13.2. The van der Waals surface area contributed by atoms with Gasteiger partial charge in [-0.1, -0.05) is 18.9 Å². The molecule has 0 bridgehead atoms. The minimum atomic E-state index is -4.04. The van der Waals surface area contributed by atoms with Crippen molar-refractivity contribution in [3.05, 3.63) is 42.0 Å². The molecule has 1 amide bonds. The molecule has 2 N–H and O–H groups in total. The minimum absolute atomic E-state index is 0.0837. The summed E-state index contributed by atoms with van der Waals surface area (Å²) in [4.78, 5) is 11.5. The average molecular weight is 480 g/mol. The van der Waals surface area contributed by atoms with Crippen molar-refractivity contribution in [2.75, 3.05) is 29.7 Å². The van der Waals surface area contributed by atoms with Crippen LogP contribution in [0.2, 0.25) is 0 Å². The molecular formula is C21H25N3O6S2. The van der Waals surface area contributed by atoms with Crippen molar-refractivity contribution in [3.8, 4) is 5.75 Å². The molecule has 1 fully saturated rings. The van der Waals surface area contributed by atoms with Crippen LogP contribution in [0.4, 0.5) is 11.4 Å². The molecule has 0 aliphatic carbocycles. The molecule has 9 nitrogen and oxygen atoms in total. The van der Waals surface area contributed by atoms with Gasteiger partial charge in [-0.05, 0) is 55.7 Å². The summed E-state index contributed by atoms with van der Waals surface area (Å²) < 4.78 is 61.5. The second-order valence-corrected chi connectivity index (χ2v) is 11.5. The van der Waals surface area contributed by atoms with Crippen molar-refractivity contribution in [1.82, 2.24) is 4.31 Å². The maximum Gasteiger partial charge on any atom is 0.262 e. The Balaban J connectivity index is 1.62. The molecule has 2 aliphatic heterocycles. The van der Waals surface area contributed by atoms with E-state index in [0.29, 0.717) is 24.4 Å². The molecule has 32 heavy (non-hydrogen) atoms. The van der Waals surface area contributed by atoms with Crippen LogP contribution in [0.15, 0.2) is 46.2 Å². The fourth-order valence-corrected chi connectivity index (χ4v) is 6.65. The highest BCUT2D eigenvalue weighted by molar-refractivity contribution is 7.92. The number of hydrogen-bond acceptors (Lipinski definition) is 6. The lowest BCUT2D eigenvalue weighted by Gasteiger charge is -2.22. The first-order valence-corrected chi connectivity index (χ1v) is 13.3. The number of carbonyl (C=O) groups excluding carboxylic acids is 1. The highest BCUT2D eigenvalue weighted by Crippen LogP contribution is 2.31. The first-order chi connectivity index (χ1) is 15.2. The zero-order valence-corrected chi connectivity index (χ0v) is 19.3. The standard InChI is InChI=1S/C21H25N3O6S2/c1-15-6-7-16(12-20(15)32(28,29)24-10-4-2-3-5-11-24)23-31(26,27)17-8-9-19-18(13-17)22-21(25)14-30-19/h6-9,12-13,23H,2-5,10-11,14H2,1H3,(H,22,25). The molecular weight excluding hydrogens is 454 g/mol. The third-order valence-corrected chi connectivity index (χ3v) is 8.94. The Bertz CT molecular complexity index is 1250. The van der Waals surface area contributed by atoms with Gasteiger partial charge in [-0.15, -0.1) is 0 Å². The summed E-state index contributed by atoms with van der Waals surface area (Å²) in [7, 11) is -7.78. The third-order valence-electron chi connectivity index (χ3n) is 5.52. The van der Waals surface area contributed by atoms with Crippen LogP contribution in [0, 0.1) is 6.92 Å². The number of nitrogens with one attached hydrogen (secondary N) is 2. The van der Waals surface area contributed by atoms with Crippen molar-refractivity contribution in [2.45, 2.75) is 42.4 Å². The van der Waals surface area contributed by atoms with Gasteiger partial charge in [0.2, 0.25) is 10.0 Å². The summed E-state index contributed by atoms with van der Waals surface area (Å²) in [5.74, 6) is 0.00613. The second kappa shape index (κ2) is 8.72. The lowest BCUT2D eigenvalue weighted by molar-refractivity contribution is -0.118. The smallest absolute Gasteiger partial charge is 0.262 e. The number of aryl methyl sites for hydroxylation is 1. The number of sulfonamides is 2. The van der Waals surface area contributed by atoms with E-state index >= 15 is 0 Å². The molecule has 11 heteroatoms. The number of anilines is 2. The maximum atomic E-state index is 13.2. The van der Waals surface area contributed by atoms with E-state index in [0.717, 1.165) is 25.7 Å². The quantitative estimate of drug-likeness (QED) is 0.680. The lowest BCUT2D eigenvalue weighted by atomic mass is 10.2. The Morgan fingerprint density at radius 2 is 1.69 bits per heavy atom. The van der Waals surface area contributed by atoms with Crippen molar-refractivity contribution in [2.24, 2.45) is 0 Å². The Morgan fingerprint density at radius 3 is 2.41 bits per heavy atom. The number of amides is 1. The van der Waals surface area contributed by atoms with E-state index in [9.17, 15) is 21.6 Å². The number of benzene rings is 2. The van der Waals surface area contributed by atoms with Gasteiger partial charge in [0.15, 0.2) is 6.61 Å². The predicted molar refractivity (Wildman–Crippen MR) is 120 cm³/mol. The number of carbonyl (C=O) groups is 1. The van der Waals surface area contributed by atoms with E-state index < -0.39 is 20.0 Å². The Kier molecular flexibility index (Phi) is 6.15. The van der Waals surface area contributed by atoms with Crippen LogP contribution < -0.4 is 14.8 Å². The first-order valence-electron chi connectivity index (χ1n) is 10.4. The number of fused-ring (bicyclic) bond motifs is 1. The van der Waals surface area contributed by atoms with E-state index in [-0.39, 0.29) is 33.7 Å². The van der Waals surface area contributed by atoms with Crippen molar-refractivity contribution in [3.63, 3.8) is 0 Å². The Labute approximate surface area is 187 Å². The highest BCUT2D eigenvalue weighted by atomic mass is 32.2. The fraction of sp³-hybridized carbons (Fsp3) is 0.381. The summed E-state index contributed by atoms with van der Waals surface area (Å²) in [5, 5.41) is 2.57. The molecule has 2 aromatic rings. The molecule has 0 radical (unpaired) electrons. The topological polar surface area (TPSA) is 122 Å². The highest BCUT2D eigenvalue weighted by Gasteiger charge is 2.28. The van der Waals surface area contributed by atoms with Crippen LogP contribution >= 0.6 is 0 Å². The van der Waals surface area contributed by atoms with Gasteiger partial charge in [-0.25, -0.2) is 16.8 Å². The minimum Gasteiger partial charge on any atom is -0.482 e. The molecule has 0 unspecified atom stereocenters. The van der Waals surface area contributed by atoms with Crippen LogP contribution in [0.1, 0.15) is 31.2 Å². The van der Waals surface area contributed by atoms with Crippen molar-refractivity contribution < 1.29 is 26.4 Å². The summed E-state index contributed by atoms with van der Waals surface area (Å²) in [5.41, 5.74) is 0.949. The van der Waals surface area contributed by atoms with Crippen LogP contribution in [0.25, 0.3) is 0 Å². The number of rotatable bonds is 5. The van der Waals surface area contributed by atoms with Crippen LogP contribution in [0.3, 0.4) is 0 Å². The molecule has 0 saturated carbocycles. The third kappa shape index (κ3) is 4.59. The molecule has 172 valence electrons. The van der Waals surface area contributed by atoms with E-state index in [1.165, 1.54) is 34.6 Å². The molecule has 0 atom stereocenters. The van der Waals surface area contributed by atoms with Gasteiger partial charge in [0, 0.05) is 13.1 Å². The average Bonchev–Trinajstić information content (AvgIpc) is 3.04. The zero-order valence-electron chi connectivity index (χ0n) is 17.6. The largest absolute Gasteiger partial charge is 0.482 e. The number of hydrogen-bond donors (Lipinski definition) is 2. The SMILES string of the molecule is Cc1ccc(NS(=O)(=O)c2ccc3c(c2)NC(=O)CO3)cc1S(=O)(=O)N1CCCCCC1. The second-order valence-electron chi connectivity index (χ2n) is 7.90. The van der Waals surface area contributed by atoms with E-state index in [1.807, 2.05) is 0 Å². The van der Waals surface area contributed by atoms with Gasteiger partial charge >= 0.3 is 0 Å². The molecule has 0 spiro atoms. The van der Waals surface area contributed by atoms with Gasteiger partial charge in [-0.2, -0.15) is 4.31 Å². The van der Waals surface area contributed by atoms with Gasteiger partial charge in [0.05, 0.1) is 21.2 Å². The predicted octanol–water partition coefficient (Wildman–Crippen LogP) is 2.69. The van der Waals surface area contributed by atoms with Gasteiger partial charge in [0.1, 0.15) is 5.75 Å². The zero-order chi connectivity index (χ0) is 22.9. The molecule has 1 saturated heterocycles. The normalized spacial score (nSPS) is 17.6. The Hall–Kier alpha value is -2.63. The summed E-state index contributed by atoms with van der Waals surface area (Å²) in [6.45, 7) is 2.48. The molecule has 0 aromatic heterocycles. The van der Waals surface area contributed by atoms with Crippen LogP contribution in [0.5, 0.6) is 5.75 Å². The first kappa shape index (κ1) is 22.6. The molecule has 4 rings (SSSR count). The van der Waals surface area contributed by atoms with E-state index in [1.54, 1.807) is 13.0 Å². The van der Waals surface area contributed by atoms with Gasteiger partial charge in [-0.3, -0.25) is 9.52 Å². The fourth-order valence-electron chi connectivity index (χ4n) is 3.81. The number of ether oxygens (including phenoxy) is 1. The molecule has 2 aliphatic rings. The Morgan fingerprint density at radius 1 is 0.969 bits per heavy atom. The van der Waals surface area contributed by atoms with Crippen molar-refractivity contribution in [1.29, 1.82) is 0 Å². The summed E-state index contributed by atoms with van der Waals surface area (Å²) in [6.07, 6.45) is 3.61. The van der Waals surface area contributed by atoms with Gasteiger partial charge in [0.25, 0.3) is 15.9 Å². The van der Waals surface area contributed by atoms with Crippen LogP contribution in [-0.2, 0) is 24.8 Å². The van der Waals surface area contributed by atoms with Gasteiger partial charge < -0.3 is 10.1 Å². The molecule has 2 aromatic carbocycles.